The van der Waals surface area contributed by atoms with Crippen molar-refractivity contribution in [3.8, 4) is 0 Å². The predicted molar refractivity (Wildman–Crippen MR) is 114 cm³/mol. The fourth-order valence-electron chi connectivity index (χ4n) is 2.10. The summed E-state index contributed by atoms with van der Waals surface area (Å²) < 4.78 is 168. The van der Waals surface area contributed by atoms with E-state index >= 15 is 0 Å². The van der Waals surface area contributed by atoms with Crippen LogP contribution < -0.4 is 4.57 Å². The lowest BCUT2D eigenvalue weighted by Crippen LogP contribution is -2.48. The first kappa shape index (κ1) is 36.5. The number of ether oxygens (including phenoxy) is 1. The molecular weight excluding hydrogens is 606 g/mol. The van der Waals surface area contributed by atoms with E-state index in [9.17, 15) is 65.5 Å². The molecule has 0 atom stereocenters. The molecule has 226 valence electrons. The van der Waals surface area contributed by atoms with Crippen LogP contribution in [0.4, 0.5) is 43.9 Å². The van der Waals surface area contributed by atoms with Gasteiger partial charge in [0.15, 0.2) is 32.4 Å². The molecule has 1 aromatic heterocycles. The lowest BCUT2D eigenvalue weighted by Gasteiger charge is -2.31. The van der Waals surface area contributed by atoms with Crippen LogP contribution in [0.1, 0.15) is 32.3 Å². The maximum Gasteiger partial charge on any atom is 0.467 e. The Morgan fingerprint density at radius 2 is 1.41 bits per heavy atom. The Bertz CT molecular complexity index is 1160. The van der Waals surface area contributed by atoms with Crippen LogP contribution in [0.5, 0.6) is 0 Å². The van der Waals surface area contributed by atoms with E-state index < -0.39 is 42.9 Å². The lowest BCUT2D eigenvalue weighted by atomic mass is 10.2. The topological polar surface area (TPSA) is 113 Å². The highest BCUT2D eigenvalue weighted by Crippen LogP contribution is 2.47. The lowest BCUT2D eigenvalue weighted by molar-refractivity contribution is -0.697. The largest absolute Gasteiger partial charge is 0.467 e. The highest BCUT2D eigenvalue weighted by molar-refractivity contribution is 8.13. The average Bonchev–Trinajstić information content (AvgIpc) is 2.75. The molecule has 39 heavy (non-hydrogen) atoms. The number of sulfonamides is 2. The minimum Gasteiger partial charge on any atom is -0.462 e. The van der Waals surface area contributed by atoms with Crippen LogP contribution >= 0.6 is 0 Å². The molecule has 0 aliphatic heterocycles. The van der Waals surface area contributed by atoms with Gasteiger partial charge in [-0.2, -0.15) is 43.9 Å². The predicted octanol–water partition coefficient (Wildman–Crippen LogP) is 4.77. The maximum absolute atomic E-state index is 12.3. The van der Waals surface area contributed by atoms with Crippen LogP contribution in [-0.2, 0) is 42.5 Å². The van der Waals surface area contributed by atoms with E-state index in [-0.39, 0.29) is 5.97 Å². The average molecular weight is 629 g/mol. The molecule has 20 heteroatoms. The molecule has 1 heterocycles. The number of carbonyl (C=O) groups excluding carboxylic acids is 1. The van der Waals surface area contributed by atoms with E-state index in [0.29, 0.717) is 16.3 Å². The van der Waals surface area contributed by atoms with Crippen LogP contribution in [0.3, 0.4) is 0 Å². The van der Waals surface area contributed by atoms with Crippen LogP contribution in [0, 0.1) is 0 Å². The van der Waals surface area contributed by atoms with Crippen LogP contribution in [0.15, 0.2) is 36.7 Å². The second kappa shape index (κ2) is 13.2. The molecule has 0 amide bonds. The zero-order valence-electron chi connectivity index (χ0n) is 20.0. The molecule has 0 bridgehead atoms. The highest BCUT2D eigenvalue weighted by atomic mass is 32.3. The summed E-state index contributed by atoms with van der Waals surface area (Å²) in [5.41, 5.74) is 1.63. The summed E-state index contributed by atoms with van der Waals surface area (Å²) in [6.07, 6.45) is -6.71. The number of pyridine rings is 1. The standard InChI is InChI=1S/C15H22NO2.C4F10NO4S2/c1-4-5-9-16-10-6-7-14(12-16)8-11-18-15(17)13(2)3;5-1(6,7)3(11,12)20(16,17)15-21(18,19)4(13,14)2(8,9)10/h6-7,10,12H,2,4-5,8-9,11H2,1,3H3;/q+1;-1. The molecule has 0 aromatic carbocycles. The summed E-state index contributed by atoms with van der Waals surface area (Å²) in [5.74, 6) is -0.315. The van der Waals surface area contributed by atoms with Crippen LogP contribution in [0.2, 0.25) is 0 Å². The number of aryl methyl sites for hydroxylation is 1. The number of unbranched alkanes of at least 4 members (excludes halogenated alkanes) is 1. The van der Waals surface area contributed by atoms with Gasteiger partial charge in [0.2, 0.25) is 0 Å². The van der Waals surface area contributed by atoms with Gasteiger partial charge in [-0.15, -0.1) is 0 Å². The molecule has 0 aliphatic carbocycles. The summed E-state index contributed by atoms with van der Waals surface area (Å²) in [5, 5.41) is -14.0. The van der Waals surface area contributed by atoms with Crippen LogP contribution in [-0.4, -0.2) is 52.3 Å². The fourth-order valence-corrected chi connectivity index (χ4v) is 4.47. The number of esters is 1. The van der Waals surface area contributed by atoms with Crippen molar-refractivity contribution < 1.29 is 74.8 Å². The Morgan fingerprint density at radius 1 is 0.949 bits per heavy atom. The highest BCUT2D eigenvalue weighted by Gasteiger charge is 2.68. The second-order valence-corrected chi connectivity index (χ2v) is 11.0. The van der Waals surface area contributed by atoms with Gasteiger partial charge in [-0.1, -0.05) is 19.9 Å². The zero-order chi connectivity index (χ0) is 31.1. The van der Waals surface area contributed by atoms with Crippen molar-refractivity contribution in [3.63, 3.8) is 0 Å². The SMILES string of the molecule is C=C(C)C(=O)OCCc1ccc[n+](CCCC)c1.O=S(=O)([N-]S(=O)(=O)C(F)(F)C(F)(F)F)C(F)(F)C(F)(F)F. The number of alkyl halides is 10. The smallest absolute Gasteiger partial charge is 0.462 e. The summed E-state index contributed by atoms with van der Waals surface area (Å²) >= 11 is 0. The van der Waals surface area contributed by atoms with Crippen molar-refractivity contribution in [2.24, 2.45) is 0 Å². The molecule has 0 unspecified atom stereocenters. The van der Waals surface area contributed by atoms with Crippen molar-refractivity contribution in [3.05, 3.63) is 46.4 Å². The zero-order valence-corrected chi connectivity index (χ0v) is 21.6. The van der Waals surface area contributed by atoms with E-state index in [1.54, 1.807) is 6.92 Å². The number of rotatable bonds is 11. The molecular formula is C19H22F10N2O6S2. The van der Waals surface area contributed by atoms with E-state index in [4.69, 9.17) is 4.74 Å². The Labute approximate surface area is 216 Å². The molecule has 0 spiro atoms. The van der Waals surface area contributed by atoms with Crippen molar-refractivity contribution in [2.45, 2.75) is 62.5 Å². The Hall–Kier alpha value is -2.48. The Balaban J connectivity index is 0.000000748. The molecule has 0 N–H and O–H groups in total. The first-order valence-electron chi connectivity index (χ1n) is 10.3. The summed E-state index contributed by atoms with van der Waals surface area (Å²) in [7, 11) is -15.2. The van der Waals surface area contributed by atoms with Gasteiger partial charge in [0, 0.05) is 30.0 Å². The van der Waals surface area contributed by atoms with Gasteiger partial charge in [0.05, 0.1) is 6.61 Å². The number of hydrogen-bond acceptors (Lipinski definition) is 6. The van der Waals surface area contributed by atoms with Gasteiger partial charge >= 0.3 is 28.8 Å². The second-order valence-electron chi connectivity index (χ2n) is 7.52. The molecule has 0 saturated heterocycles. The van der Waals surface area contributed by atoms with Crippen molar-refractivity contribution >= 4 is 26.0 Å². The third kappa shape index (κ3) is 9.89. The molecule has 8 nitrogen and oxygen atoms in total. The monoisotopic (exact) mass is 628 g/mol. The third-order valence-electron chi connectivity index (χ3n) is 4.17. The van der Waals surface area contributed by atoms with Crippen molar-refractivity contribution in [1.29, 1.82) is 0 Å². The third-order valence-corrected chi connectivity index (χ3v) is 7.49. The number of aromatic nitrogens is 1. The molecule has 0 saturated carbocycles. The minimum atomic E-state index is -7.62. The molecule has 1 rings (SSSR count). The molecule has 0 aliphatic rings. The number of halogens is 10. The van der Waals surface area contributed by atoms with Gasteiger partial charge in [-0.3, -0.25) is 0 Å². The summed E-state index contributed by atoms with van der Waals surface area (Å²) in [6, 6.07) is 4.09. The number of nitrogens with zero attached hydrogens (tertiary/aromatic N) is 2. The normalized spacial score (nSPS) is 13.3. The van der Waals surface area contributed by atoms with Gasteiger partial charge in [-0.25, -0.2) is 26.2 Å². The maximum atomic E-state index is 12.3. The summed E-state index contributed by atoms with van der Waals surface area (Å²) in [6.45, 7) is 8.83. The first-order valence-corrected chi connectivity index (χ1v) is 13.1. The minimum absolute atomic E-state index is 0.315. The van der Waals surface area contributed by atoms with E-state index in [2.05, 4.69) is 36.5 Å². The van der Waals surface area contributed by atoms with Crippen LogP contribution in [0.25, 0.3) is 4.13 Å². The Morgan fingerprint density at radius 3 is 1.79 bits per heavy atom. The van der Waals surface area contributed by atoms with E-state index in [1.165, 1.54) is 18.4 Å². The molecule has 1 aromatic rings. The van der Waals surface area contributed by atoms with Gasteiger partial charge in [0.1, 0.15) is 6.54 Å². The van der Waals surface area contributed by atoms with E-state index in [0.717, 1.165) is 13.0 Å². The quantitative estimate of drug-likeness (QED) is 0.151. The number of carbonyl (C=O) groups is 1. The summed E-state index contributed by atoms with van der Waals surface area (Å²) in [4.78, 5) is 11.2. The van der Waals surface area contributed by atoms with Crippen molar-refractivity contribution in [2.75, 3.05) is 6.61 Å². The Kier molecular flexibility index (Phi) is 12.4. The first-order chi connectivity index (χ1) is 17.3. The van der Waals surface area contributed by atoms with E-state index in [1.807, 2.05) is 6.07 Å². The molecule has 0 fully saturated rings. The van der Waals surface area contributed by atoms with Gasteiger partial charge < -0.3 is 8.86 Å². The van der Waals surface area contributed by atoms with Crippen molar-refractivity contribution in [1.82, 2.24) is 0 Å². The fraction of sp³-hybridized carbons (Fsp3) is 0.579. The molecule has 0 radical (unpaired) electrons. The number of hydrogen-bond donors (Lipinski definition) is 0. The van der Waals surface area contributed by atoms with Gasteiger partial charge in [-0.05, 0) is 13.0 Å². The van der Waals surface area contributed by atoms with Gasteiger partial charge in [0.25, 0.3) is 0 Å².